The fourth-order valence-electron chi connectivity index (χ4n) is 2.83. The van der Waals surface area contributed by atoms with Gasteiger partial charge >= 0.3 is 0 Å². The molecule has 22 heavy (non-hydrogen) atoms. The van der Waals surface area contributed by atoms with E-state index in [1.807, 2.05) is 11.8 Å². The lowest BCUT2D eigenvalue weighted by atomic mass is 10.1. The van der Waals surface area contributed by atoms with E-state index in [1.165, 1.54) is 16.0 Å². The lowest BCUT2D eigenvalue weighted by Crippen LogP contribution is -2.41. The first-order valence-electron chi connectivity index (χ1n) is 8.00. The van der Waals surface area contributed by atoms with Gasteiger partial charge in [0.2, 0.25) is 0 Å². The zero-order valence-corrected chi connectivity index (χ0v) is 13.8. The third-order valence-corrected chi connectivity index (χ3v) is 5.51. The first-order chi connectivity index (χ1) is 10.9. The molecule has 2 aromatic rings. The topological polar surface area (TPSA) is 21.3 Å². The molecule has 1 N–H and O–H groups in total. The van der Waals surface area contributed by atoms with Crippen LogP contribution in [0.15, 0.2) is 59.5 Å². The van der Waals surface area contributed by atoms with Gasteiger partial charge in [0.1, 0.15) is 0 Å². The summed E-state index contributed by atoms with van der Waals surface area (Å²) >= 11 is 1.93. The molecule has 0 amide bonds. The van der Waals surface area contributed by atoms with Gasteiger partial charge in [-0.1, -0.05) is 55.5 Å². The van der Waals surface area contributed by atoms with Gasteiger partial charge in [-0.25, -0.2) is 0 Å². The van der Waals surface area contributed by atoms with Crippen LogP contribution in [-0.4, -0.2) is 25.8 Å². The monoisotopic (exact) mass is 313 g/mol. The smallest absolute Gasteiger partial charge is 0.0862 e. The maximum atomic E-state index is 6.06. The molecule has 1 aliphatic rings. The Kier molecular flexibility index (Phi) is 5.54. The van der Waals surface area contributed by atoms with E-state index in [2.05, 4.69) is 66.8 Å². The Hall–Kier alpha value is -1.29. The second kappa shape index (κ2) is 7.82. The van der Waals surface area contributed by atoms with Gasteiger partial charge in [0.05, 0.1) is 18.0 Å². The van der Waals surface area contributed by atoms with E-state index in [-0.39, 0.29) is 6.10 Å². The van der Waals surface area contributed by atoms with E-state index in [4.69, 9.17) is 4.74 Å². The first kappa shape index (κ1) is 15.6. The highest BCUT2D eigenvalue weighted by Crippen LogP contribution is 2.40. The quantitative estimate of drug-likeness (QED) is 0.841. The molecule has 0 aliphatic carbocycles. The number of thioether (sulfide) groups is 1. The summed E-state index contributed by atoms with van der Waals surface area (Å²) in [7, 11) is 0. The highest BCUT2D eigenvalue weighted by molar-refractivity contribution is 7.99. The van der Waals surface area contributed by atoms with E-state index >= 15 is 0 Å². The summed E-state index contributed by atoms with van der Waals surface area (Å²) in [6.07, 6.45) is 1.28. The van der Waals surface area contributed by atoms with Crippen molar-refractivity contribution in [3.8, 4) is 0 Å². The normalized spacial score (nSPS) is 19.8. The van der Waals surface area contributed by atoms with Gasteiger partial charge in [0.15, 0.2) is 0 Å². The number of nitrogens with one attached hydrogen (secondary N) is 1. The van der Waals surface area contributed by atoms with Gasteiger partial charge in [-0.05, 0) is 23.6 Å². The molecule has 116 valence electrons. The summed E-state index contributed by atoms with van der Waals surface area (Å²) < 4.78 is 6.06. The third-order valence-electron chi connectivity index (χ3n) is 4.03. The molecule has 1 saturated heterocycles. The molecular weight excluding hydrogens is 290 g/mol. The summed E-state index contributed by atoms with van der Waals surface area (Å²) in [5.41, 5.74) is 2.75. The van der Waals surface area contributed by atoms with Crippen molar-refractivity contribution >= 4 is 11.8 Å². The van der Waals surface area contributed by atoms with Crippen molar-refractivity contribution < 1.29 is 4.74 Å². The Morgan fingerprint density at radius 3 is 2.64 bits per heavy atom. The minimum Gasteiger partial charge on any atom is -0.374 e. The molecule has 0 bridgehead atoms. The Labute approximate surface area is 137 Å². The average Bonchev–Trinajstić information content (AvgIpc) is 2.61. The Bertz CT molecular complexity index is 581. The van der Waals surface area contributed by atoms with Crippen molar-refractivity contribution in [3.63, 3.8) is 0 Å². The first-order valence-corrected chi connectivity index (χ1v) is 8.88. The van der Waals surface area contributed by atoms with Crippen molar-refractivity contribution in [2.45, 2.75) is 29.6 Å². The molecule has 0 spiro atoms. The van der Waals surface area contributed by atoms with Crippen LogP contribution in [0.25, 0.3) is 0 Å². The summed E-state index contributed by atoms with van der Waals surface area (Å²) in [5, 5.41) is 3.78. The van der Waals surface area contributed by atoms with Crippen molar-refractivity contribution in [3.05, 3.63) is 65.7 Å². The van der Waals surface area contributed by atoms with E-state index in [0.717, 1.165) is 26.1 Å². The molecule has 0 saturated carbocycles. The Morgan fingerprint density at radius 1 is 1.14 bits per heavy atom. The molecule has 3 heteroatoms. The highest BCUT2D eigenvalue weighted by Gasteiger charge is 2.27. The lowest BCUT2D eigenvalue weighted by molar-refractivity contribution is 0.0273. The van der Waals surface area contributed by atoms with Crippen LogP contribution in [0.3, 0.4) is 0 Å². The van der Waals surface area contributed by atoms with Crippen LogP contribution in [0.4, 0.5) is 0 Å². The second-order valence-electron chi connectivity index (χ2n) is 5.52. The molecule has 0 radical (unpaired) electrons. The zero-order chi connectivity index (χ0) is 15.2. The predicted molar refractivity (Wildman–Crippen MR) is 93.5 cm³/mol. The standard InChI is InChI=1S/C19H23NOS/c1-2-15-8-6-7-11-18(15)22-19(16-9-4-3-5-10-16)17-14-20-12-13-21-17/h3-11,17,19-20H,2,12-14H2,1H3/t17-,19-/m1/s1. The summed E-state index contributed by atoms with van der Waals surface area (Å²) in [5.74, 6) is 0. The van der Waals surface area contributed by atoms with Gasteiger partial charge < -0.3 is 10.1 Å². The minimum absolute atomic E-state index is 0.214. The van der Waals surface area contributed by atoms with Crippen LogP contribution in [0.2, 0.25) is 0 Å². The van der Waals surface area contributed by atoms with Crippen LogP contribution in [-0.2, 0) is 11.2 Å². The summed E-state index contributed by atoms with van der Waals surface area (Å²) in [6.45, 7) is 4.88. The highest BCUT2D eigenvalue weighted by atomic mass is 32.2. The van der Waals surface area contributed by atoms with Crippen molar-refractivity contribution in [1.82, 2.24) is 5.32 Å². The van der Waals surface area contributed by atoms with Gasteiger partial charge in [-0.3, -0.25) is 0 Å². The number of morpholine rings is 1. The molecule has 2 aromatic carbocycles. The van der Waals surface area contributed by atoms with Crippen LogP contribution in [0.5, 0.6) is 0 Å². The van der Waals surface area contributed by atoms with Crippen LogP contribution < -0.4 is 5.32 Å². The SMILES string of the molecule is CCc1ccccc1S[C@H](c1ccccc1)[C@H]1CNCCO1. The minimum atomic E-state index is 0.214. The molecule has 2 atom stereocenters. The molecule has 1 fully saturated rings. The summed E-state index contributed by atoms with van der Waals surface area (Å²) in [4.78, 5) is 1.37. The molecule has 0 aromatic heterocycles. The van der Waals surface area contributed by atoms with Crippen LogP contribution >= 0.6 is 11.8 Å². The van der Waals surface area contributed by atoms with E-state index in [0.29, 0.717) is 5.25 Å². The lowest BCUT2D eigenvalue weighted by Gasteiger charge is -2.31. The molecular formula is C19H23NOS. The largest absolute Gasteiger partial charge is 0.374 e. The average molecular weight is 313 g/mol. The van der Waals surface area contributed by atoms with Crippen molar-refractivity contribution in [1.29, 1.82) is 0 Å². The van der Waals surface area contributed by atoms with Crippen LogP contribution in [0, 0.1) is 0 Å². The third kappa shape index (κ3) is 3.72. The van der Waals surface area contributed by atoms with E-state index in [9.17, 15) is 0 Å². The predicted octanol–water partition coefficient (Wildman–Crippen LogP) is 4.07. The summed E-state index contributed by atoms with van der Waals surface area (Å²) in [6, 6.07) is 19.4. The number of ether oxygens (including phenoxy) is 1. The van der Waals surface area contributed by atoms with E-state index in [1.54, 1.807) is 0 Å². The maximum absolute atomic E-state index is 6.06. The van der Waals surface area contributed by atoms with Crippen molar-refractivity contribution in [2.75, 3.05) is 19.7 Å². The maximum Gasteiger partial charge on any atom is 0.0862 e. The number of hydrogen-bond donors (Lipinski definition) is 1. The fraction of sp³-hybridized carbons (Fsp3) is 0.368. The zero-order valence-electron chi connectivity index (χ0n) is 13.0. The molecule has 2 nitrogen and oxygen atoms in total. The molecule has 3 rings (SSSR count). The number of hydrogen-bond acceptors (Lipinski definition) is 3. The molecule has 1 heterocycles. The van der Waals surface area contributed by atoms with Gasteiger partial charge in [-0.15, -0.1) is 11.8 Å². The number of rotatable bonds is 5. The fourth-order valence-corrected chi connectivity index (χ4v) is 4.24. The number of benzene rings is 2. The van der Waals surface area contributed by atoms with Gasteiger partial charge in [0, 0.05) is 18.0 Å². The van der Waals surface area contributed by atoms with Gasteiger partial charge in [0.25, 0.3) is 0 Å². The molecule has 0 unspecified atom stereocenters. The van der Waals surface area contributed by atoms with Crippen molar-refractivity contribution in [2.24, 2.45) is 0 Å². The van der Waals surface area contributed by atoms with E-state index < -0.39 is 0 Å². The second-order valence-corrected chi connectivity index (χ2v) is 6.71. The van der Waals surface area contributed by atoms with Crippen LogP contribution in [0.1, 0.15) is 23.3 Å². The Balaban J connectivity index is 1.88. The molecule has 1 aliphatic heterocycles. The Morgan fingerprint density at radius 2 is 1.91 bits per heavy atom. The van der Waals surface area contributed by atoms with Gasteiger partial charge in [-0.2, -0.15) is 0 Å². The number of aryl methyl sites for hydroxylation is 1.